The molecule has 0 saturated heterocycles. The Balaban J connectivity index is 0. The second kappa shape index (κ2) is 13.4. The van der Waals surface area contributed by atoms with Gasteiger partial charge in [-0.1, -0.05) is 0 Å². The molecule has 0 rings (SSSR count). The molecule has 0 spiro atoms. The quantitative estimate of drug-likeness (QED) is 0.248. The van der Waals surface area contributed by atoms with Crippen LogP contribution in [-0.4, -0.2) is 70.2 Å². The van der Waals surface area contributed by atoms with Crippen molar-refractivity contribution < 1.29 is 25.8 Å². The summed E-state index contributed by atoms with van der Waals surface area (Å²) in [7, 11) is 0. The summed E-state index contributed by atoms with van der Waals surface area (Å²) in [6.45, 7) is 1.75. The van der Waals surface area contributed by atoms with Gasteiger partial charge in [0.05, 0.1) is 19.8 Å². The Hall–Kier alpha value is -0.240. The van der Waals surface area contributed by atoms with Gasteiger partial charge in [-0.3, -0.25) is 15.4 Å². The molecule has 0 aromatic rings. The highest BCUT2D eigenvalue weighted by Crippen LogP contribution is 1.84. The third kappa shape index (κ3) is 9.76. The number of hydrogen-bond acceptors (Lipinski definition) is 6. The Bertz CT molecular complexity index is 58.7. The molecule has 0 aromatic heterocycles. The molecule has 6 heteroatoms. The van der Waals surface area contributed by atoms with E-state index < -0.39 is 0 Å². The first-order chi connectivity index (χ1) is 5.85. The van der Waals surface area contributed by atoms with E-state index in [0.717, 1.165) is 0 Å². The first-order valence-electron chi connectivity index (χ1n) is 3.60. The molecule has 6 nitrogen and oxygen atoms in total. The highest BCUT2D eigenvalue weighted by Gasteiger charge is 2.00. The second-order valence-corrected chi connectivity index (χ2v) is 2.01. The Labute approximate surface area is 71.2 Å². The molecule has 0 fully saturated rings. The predicted molar refractivity (Wildman–Crippen MR) is 43.0 cm³/mol. The lowest BCUT2D eigenvalue weighted by Crippen LogP contribution is -2.32. The molecule has 5 N–H and O–H groups in total. The van der Waals surface area contributed by atoms with Gasteiger partial charge < -0.3 is 15.3 Å². The molecule has 0 bridgehead atoms. The van der Waals surface area contributed by atoms with E-state index >= 15 is 0 Å². The van der Waals surface area contributed by atoms with Gasteiger partial charge in [0, 0.05) is 19.6 Å². The molecule has 0 amide bonds. The molecule has 0 unspecified atom stereocenters. The molecule has 0 aliphatic rings. The van der Waals surface area contributed by atoms with Crippen molar-refractivity contribution in [3.05, 3.63) is 0 Å². The predicted octanol–water partition coefficient (Wildman–Crippen LogP) is -1.72. The summed E-state index contributed by atoms with van der Waals surface area (Å²) in [4.78, 5) is 1.79. The van der Waals surface area contributed by atoms with E-state index in [-0.39, 0.29) is 19.8 Å². The molecule has 0 aliphatic carbocycles. The molecule has 76 valence electrons. The lowest BCUT2D eigenvalue weighted by Gasteiger charge is -2.17. The minimum atomic E-state index is 0.0694. The number of nitrogens with zero attached hydrogens (tertiary/aromatic N) is 1. The van der Waals surface area contributed by atoms with Crippen LogP contribution in [0.25, 0.3) is 0 Å². The number of hydrogen-bond donors (Lipinski definition) is 5. The van der Waals surface area contributed by atoms with Crippen molar-refractivity contribution in [1.82, 2.24) is 4.90 Å². The third-order valence-corrected chi connectivity index (χ3v) is 1.25. The van der Waals surface area contributed by atoms with Gasteiger partial charge in [-0.05, 0) is 0 Å². The standard InChI is InChI=1S/C6H15NO3.H2O2/c8-4-1-7(2-5-9)3-6-10;1-2/h8-10H,1-6H2;1-2H. The largest absolute Gasteiger partial charge is 0.395 e. The first kappa shape index (κ1) is 14.3. The van der Waals surface area contributed by atoms with Gasteiger partial charge in [0.2, 0.25) is 0 Å². The number of rotatable bonds is 6. The molecule has 0 saturated carbocycles. The van der Waals surface area contributed by atoms with Crippen LogP contribution in [0.3, 0.4) is 0 Å². The zero-order valence-electron chi connectivity index (χ0n) is 6.93. The third-order valence-electron chi connectivity index (χ3n) is 1.25. The monoisotopic (exact) mass is 183 g/mol. The Morgan fingerprint density at radius 1 is 0.667 bits per heavy atom. The molecule has 0 aromatic carbocycles. The van der Waals surface area contributed by atoms with Crippen molar-refractivity contribution in [2.45, 2.75) is 0 Å². The molecule has 0 radical (unpaired) electrons. The van der Waals surface area contributed by atoms with E-state index in [1.807, 2.05) is 0 Å². The summed E-state index contributed by atoms with van der Waals surface area (Å²) in [6.07, 6.45) is 0. The minimum absolute atomic E-state index is 0.0694. The van der Waals surface area contributed by atoms with Gasteiger partial charge in [0.25, 0.3) is 0 Å². The number of aliphatic hydroxyl groups is 3. The van der Waals surface area contributed by atoms with E-state index in [4.69, 9.17) is 25.8 Å². The van der Waals surface area contributed by atoms with Crippen LogP contribution in [0.1, 0.15) is 0 Å². The van der Waals surface area contributed by atoms with Crippen molar-refractivity contribution in [2.75, 3.05) is 39.5 Å². The van der Waals surface area contributed by atoms with Crippen molar-refractivity contribution in [3.63, 3.8) is 0 Å². The van der Waals surface area contributed by atoms with E-state index in [9.17, 15) is 0 Å². The van der Waals surface area contributed by atoms with Crippen molar-refractivity contribution in [1.29, 1.82) is 0 Å². The molecular weight excluding hydrogens is 166 g/mol. The van der Waals surface area contributed by atoms with E-state index in [1.54, 1.807) is 4.90 Å². The van der Waals surface area contributed by atoms with Crippen LogP contribution in [0, 0.1) is 0 Å². The van der Waals surface area contributed by atoms with Gasteiger partial charge in [-0.15, -0.1) is 0 Å². The molecule has 0 atom stereocenters. The van der Waals surface area contributed by atoms with E-state index in [2.05, 4.69) is 0 Å². The minimum Gasteiger partial charge on any atom is -0.395 e. The van der Waals surface area contributed by atoms with Gasteiger partial charge in [-0.2, -0.15) is 0 Å². The molecule has 0 heterocycles. The van der Waals surface area contributed by atoms with Crippen LogP contribution < -0.4 is 0 Å². The summed E-state index contributed by atoms with van der Waals surface area (Å²) in [5.74, 6) is 0. The van der Waals surface area contributed by atoms with Crippen LogP contribution in [0.4, 0.5) is 0 Å². The average molecular weight is 183 g/mol. The smallest absolute Gasteiger partial charge is 0.0558 e. The van der Waals surface area contributed by atoms with Crippen LogP contribution >= 0.6 is 0 Å². The summed E-state index contributed by atoms with van der Waals surface area (Å²) in [5.41, 5.74) is 0. The summed E-state index contributed by atoms with van der Waals surface area (Å²) in [6, 6.07) is 0. The van der Waals surface area contributed by atoms with Crippen LogP contribution in [0.2, 0.25) is 0 Å². The fourth-order valence-corrected chi connectivity index (χ4v) is 0.760. The maximum atomic E-state index is 8.48. The van der Waals surface area contributed by atoms with E-state index in [0.29, 0.717) is 19.6 Å². The zero-order valence-corrected chi connectivity index (χ0v) is 6.93. The van der Waals surface area contributed by atoms with E-state index in [1.165, 1.54) is 0 Å². The molecule has 12 heavy (non-hydrogen) atoms. The highest BCUT2D eigenvalue weighted by atomic mass is 17.0. The number of aliphatic hydroxyl groups excluding tert-OH is 3. The van der Waals surface area contributed by atoms with Gasteiger partial charge in [-0.25, -0.2) is 0 Å². The summed E-state index contributed by atoms with van der Waals surface area (Å²) in [5, 5.41) is 37.5. The fourth-order valence-electron chi connectivity index (χ4n) is 0.760. The lowest BCUT2D eigenvalue weighted by molar-refractivity contribution is -0.176. The molecular formula is C6H17NO5. The Kier molecular flexibility index (Phi) is 15.9. The SMILES string of the molecule is OCCN(CCO)CCO.OO. The maximum absolute atomic E-state index is 8.48. The normalized spacial score (nSPS) is 9.50. The average Bonchev–Trinajstić information content (AvgIpc) is 2.10. The Morgan fingerprint density at radius 3 is 1.08 bits per heavy atom. The summed E-state index contributed by atoms with van der Waals surface area (Å²) >= 11 is 0. The first-order valence-corrected chi connectivity index (χ1v) is 3.60. The van der Waals surface area contributed by atoms with Crippen molar-refractivity contribution in [3.8, 4) is 0 Å². The molecule has 0 aliphatic heterocycles. The lowest BCUT2D eigenvalue weighted by atomic mass is 10.4. The fraction of sp³-hybridized carbons (Fsp3) is 1.00. The van der Waals surface area contributed by atoms with Crippen LogP contribution in [-0.2, 0) is 0 Å². The zero-order chi connectivity index (χ0) is 9.82. The van der Waals surface area contributed by atoms with Gasteiger partial charge in [0.1, 0.15) is 0 Å². The van der Waals surface area contributed by atoms with Crippen LogP contribution in [0.5, 0.6) is 0 Å². The Morgan fingerprint density at radius 2 is 0.917 bits per heavy atom. The van der Waals surface area contributed by atoms with Crippen LogP contribution in [0.15, 0.2) is 0 Å². The second-order valence-electron chi connectivity index (χ2n) is 2.01. The summed E-state index contributed by atoms with van der Waals surface area (Å²) < 4.78 is 0. The highest BCUT2D eigenvalue weighted by molar-refractivity contribution is 4.54. The van der Waals surface area contributed by atoms with Crippen molar-refractivity contribution in [2.24, 2.45) is 0 Å². The maximum Gasteiger partial charge on any atom is 0.0558 e. The topological polar surface area (TPSA) is 104 Å². The van der Waals surface area contributed by atoms with Gasteiger partial charge in [0.15, 0.2) is 0 Å². The van der Waals surface area contributed by atoms with Crippen molar-refractivity contribution >= 4 is 0 Å². The van der Waals surface area contributed by atoms with Gasteiger partial charge >= 0.3 is 0 Å².